The first kappa shape index (κ1) is 15.7. The van der Waals surface area contributed by atoms with Crippen LogP contribution in [0.25, 0.3) is 0 Å². The summed E-state index contributed by atoms with van der Waals surface area (Å²) in [5, 5.41) is 9.40. The molecular formula is C15H17N3O4S. The van der Waals surface area contributed by atoms with Crippen LogP contribution in [0.5, 0.6) is 0 Å². The highest BCUT2D eigenvalue weighted by Gasteiger charge is 2.36. The van der Waals surface area contributed by atoms with Crippen molar-refractivity contribution in [3.63, 3.8) is 0 Å². The molecule has 1 aliphatic heterocycles. The molecule has 2 atom stereocenters. The smallest absolute Gasteiger partial charge is 0.348 e. The Kier molecular flexibility index (Phi) is 4.16. The van der Waals surface area contributed by atoms with Crippen molar-refractivity contribution in [3.05, 3.63) is 56.9 Å². The first-order valence-electron chi connectivity index (χ1n) is 7.38. The van der Waals surface area contributed by atoms with E-state index in [-0.39, 0.29) is 12.6 Å². The summed E-state index contributed by atoms with van der Waals surface area (Å²) in [7, 11) is 0. The quantitative estimate of drug-likeness (QED) is 0.808. The molecule has 23 heavy (non-hydrogen) atoms. The van der Waals surface area contributed by atoms with Gasteiger partial charge in [0.25, 0.3) is 0 Å². The predicted molar refractivity (Wildman–Crippen MR) is 87.3 cm³/mol. The summed E-state index contributed by atoms with van der Waals surface area (Å²) < 4.78 is 3.45. The first-order chi connectivity index (χ1) is 11.1. The molecule has 2 aromatic rings. The number of thiol groups is 1. The van der Waals surface area contributed by atoms with Gasteiger partial charge in [0.05, 0.1) is 6.04 Å². The van der Waals surface area contributed by atoms with Crippen LogP contribution in [0.4, 0.5) is 0 Å². The van der Waals surface area contributed by atoms with Gasteiger partial charge in [-0.05, 0) is 18.4 Å². The fourth-order valence-corrected chi connectivity index (χ4v) is 3.34. The highest BCUT2D eigenvalue weighted by Crippen LogP contribution is 2.30. The van der Waals surface area contributed by atoms with Gasteiger partial charge >= 0.3 is 17.3 Å². The largest absolute Gasteiger partial charge is 0.480 e. The van der Waals surface area contributed by atoms with E-state index in [1.165, 1.54) is 4.68 Å². The summed E-state index contributed by atoms with van der Waals surface area (Å²) in [6, 6.07) is 7.98. The van der Waals surface area contributed by atoms with E-state index >= 15 is 0 Å². The Morgan fingerprint density at radius 1 is 1.13 bits per heavy atom. The van der Waals surface area contributed by atoms with Gasteiger partial charge in [0.1, 0.15) is 0 Å². The second kappa shape index (κ2) is 6.11. The number of hydrogen-bond acceptors (Lipinski definition) is 4. The van der Waals surface area contributed by atoms with Gasteiger partial charge in [-0.1, -0.05) is 30.3 Å². The lowest BCUT2D eigenvalue weighted by atomic mass is 9.97. The van der Waals surface area contributed by atoms with Crippen LogP contribution < -0.4 is 11.4 Å². The Labute approximate surface area is 137 Å². The maximum atomic E-state index is 12.7. The molecule has 1 aromatic heterocycles. The van der Waals surface area contributed by atoms with Crippen LogP contribution in [0, 0.1) is 0 Å². The number of nitrogens with zero attached hydrogens (tertiary/aromatic N) is 3. The van der Waals surface area contributed by atoms with E-state index in [9.17, 15) is 19.5 Å². The number of hydrogen-bond donors (Lipinski definition) is 2. The molecule has 0 bridgehead atoms. The van der Waals surface area contributed by atoms with E-state index in [4.69, 9.17) is 0 Å². The molecular weight excluding hydrogens is 318 g/mol. The predicted octanol–water partition coefficient (Wildman–Crippen LogP) is 0.750. The molecule has 122 valence electrons. The summed E-state index contributed by atoms with van der Waals surface area (Å²) in [5.74, 6) is -0.775. The number of carbonyl (C=O) groups is 1. The van der Waals surface area contributed by atoms with Gasteiger partial charge < -0.3 is 5.11 Å². The lowest BCUT2D eigenvalue weighted by molar-refractivity contribution is -0.142. The van der Waals surface area contributed by atoms with Crippen molar-refractivity contribution >= 4 is 18.6 Å². The topological polar surface area (TPSA) is 86.2 Å². The van der Waals surface area contributed by atoms with Crippen LogP contribution in [-0.4, -0.2) is 30.8 Å². The molecule has 1 aliphatic rings. The molecule has 0 fully saturated rings. The van der Waals surface area contributed by atoms with Crippen molar-refractivity contribution in [1.82, 2.24) is 13.9 Å². The van der Waals surface area contributed by atoms with E-state index in [1.807, 2.05) is 30.3 Å². The summed E-state index contributed by atoms with van der Waals surface area (Å²) in [4.78, 5) is 36.7. The van der Waals surface area contributed by atoms with Crippen LogP contribution in [0.15, 0.2) is 39.9 Å². The molecule has 0 saturated carbocycles. The lowest BCUT2D eigenvalue weighted by Gasteiger charge is -2.29. The van der Waals surface area contributed by atoms with Crippen molar-refractivity contribution in [2.75, 3.05) is 5.75 Å². The van der Waals surface area contributed by atoms with Crippen LogP contribution in [-0.2, 0) is 11.3 Å². The highest BCUT2D eigenvalue weighted by molar-refractivity contribution is 7.80. The standard InChI is InChI=1S/C15H17N3O4S/c19-13(20)12-7-6-11(10-4-2-1-3-5-10)17-14(21)16(8-9-23)15(22)18(12)17/h1-5,11-12,23H,6-9H2,(H,19,20). The zero-order valence-corrected chi connectivity index (χ0v) is 13.2. The molecule has 7 nitrogen and oxygen atoms in total. The lowest BCUT2D eigenvalue weighted by Crippen LogP contribution is -2.41. The molecule has 1 N–H and O–H groups in total. The maximum Gasteiger partial charge on any atom is 0.348 e. The minimum absolute atomic E-state index is 0.154. The molecule has 0 spiro atoms. The van der Waals surface area contributed by atoms with Crippen molar-refractivity contribution < 1.29 is 9.90 Å². The first-order valence-corrected chi connectivity index (χ1v) is 8.02. The van der Waals surface area contributed by atoms with E-state index in [0.29, 0.717) is 18.6 Å². The number of carboxylic acid groups (broad SMARTS) is 1. The molecule has 0 radical (unpaired) electrons. The van der Waals surface area contributed by atoms with Gasteiger partial charge in [-0.25, -0.2) is 28.3 Å². The Balaban J connectivity index is 2.24. The van der Waals surface area contributed by atoms with Gasteiger partial charge in [-0.2, -0.15) is 12.6 Å². The Morgan fingerprint density at radius 2 is 1.78 bits per heavy atom. The summed E-state index contributed by atoms with van der Waals surface area (Å²) in [6.07, 6.45) is 0.796. The molecule has 8 heteroatoms. The van der Waals surface area contributed by atoms with E-state index in [1.54, 1.807) is 0 Å². The van der Waals surface area contributed by atoms with Crippen LogP contribution >= 0.6 is 12.6 Å². The minimum atomic E-state index is -1.10. The average Bonchev–Trinajstić information content (AvgIpc) is 2.81. The van der Waals surface area contributed by atoms with Crippen molar-refractivity contribution in [1.29, 1.82) is 0 Å². The van der Waals surface area contributed by atoms with E-state index in [2.05, 4.69) is 12.6 Å². The maximum absolute atomic E-state index is 12.7. The third-order valence-corrected chi connectivity index (χ3v) is 4.38. The Bertz CT molecular complexity index is 837. The second-order valence-electron chi connectivity index (χ2n) is 5.49. The molecule has 1 aromatic carbocycles. The summed E-state index contributed by atoms with van der Waals surface area (Å²) >= 11 is 4.07. The number of fused-ring (bicyclic) bond motifs is 1. The normalized spacial score (nSPS) is 20.2. The summed E-state index contributed by atoms with van der Waals surface area (Å²) in [6.45, 7) is 0.154. The minimum Gasteiger partial charge on any atom is -0.480 e. The van der Waals surface area contributed by atoms with Gasteiger partial charge in [0.2, 0.25) is 0 Å². The van der Waals surface area contributed by atoms with Crippen LogP contribution in [0.3, 0.4) is 0 Å². The fourth-order valence-electron chi connectivity index (χ4n) is 3.14. The van der Waals surface area contributed by atoms with Crippen LogP contribution in [0.1, 0.15) is 30.5 Å². The third kappa shape index (κ3) is 2.52. The van der Waals surface area contributed by atoms with Crippen molar-refractivity contribution in [2.45, 2.75) is 31.5 Å². The summed E-state index contributed by atoms with van der Waals surface area (Å²) in [5.41, 5.74) is -0.184. The molecule has 2 unspecified atom stereocenters. The average molecular weight is 335 g/mol. The molecule has 0 saturated heterocycles. The SMILES string of the molecule is O=C(O)C1CCC(c2ccccc2)n2c(=O)n(CCS)c(=O)n21. The Morgan fingerprint density at radius 3 is 2.39 bits per heavy atom. The number of carboxylic acids is 1. The molecule has 0 aliphatic carbocycles. The van der Waals surface area contributed by atoms with Gasteiger partial charge in [0.15, 0.2) is 6.04 Å². The van der Waals surface area contributed by atoms with Crippen molar-refractivity contribution in [3.8, 4) is 0 Å². The number of aromatic nitrogens is 3. The zero-order chi connectivity index (χ0) is 16.6. The van der Waals surface area contributed by atoms with Gasteiger partial charge in [-0.3, -0.25) is 0 Å². The van der Waals surface area contributed by atoms with Gasteiger partial charge in [0, 0.05) is 12.3 Å². The molecule has 2 heterocycles. The van der Waals surface area contributed by atoms with Gasteiger partial charge in [-0.15, -0.1) is 0 Å². The Hall–Kier alpha value is -2.22. The zero-order valence-electron chi connectivity index (χ0n) is 12.3. The highest BCUT2D eigenvalue weighted by atomic mass is 32.1. The van der Waals surface area contributed by atoms with E-state index < -0.39 is 23.4 Å². The number of rotatable bonds is 4. The molecule has 3 rings (SSSR count). The van der Waals surface area contributed by atoms with E-state index in [0.717, 1.165) is 14.8 Å². The van der Waals surface area contributed by atoms with Crippen LogP contribution in [0.2, 0.25) is 0 Å². The second-order valence-corrected chi connectivity index (χ2v) is 5.93. The number of benzene rings is 1. The third-order valence-electron chi connectivity index (χ3n) is 4.18. The van der Waals surface area contributed by atoms with Crippen molar-refractivity contribution in [2.24, 2.45) is 0 Å². The monoisotopic (exact) mass is 335 g/mol. The number of aliphatic carboxylic acids is 1. The molecule has 0 amide bonds. The fraction of sp³-hybridized carbons (Fsp3) is 0.400.